The van der Waals surface area contributed by atoms with Crippen LogP contribution in [-0.2, 0) is 0 Å². The molecule has 2 fully saturated rings. The molecule has 2 aliphatic rings. The molecule has 0 aliphatic heterocycles. The molecule has 1 aromatic heterocycles. The average molecular weight is 284 g/mol. The van der Waals surface area contributed by atoms with Crippen molar-refractivity contribution in [2.75, 3.05) is 6.54 Å². The standard InChI is InChI=1S/C14H15F3N2O/c15-14(16,17)8-18-10-3-5-19(6-4-10)13(20)12-7-11(12)9-1-2-9/h3-6,9,11-12H,1-2,7-8H2/t11-,12-/m0/s1. The van der Waals surface area contributed by atoms with Crippen molar-refractivity contribution in [2.24, 2.45) is 22.7 Å². The van der Waals surface area contributed by atoms with Gasteiger partial charge in [-0.3, -0.25) is 14.4 Å². The lowest BCUT2D eigenvalue weighted by Crippen LogP contribution is -2.18. The van der Waals surface area contributed by atoms with Crippen LogP contribution in [0.15, 0.2) is 29.5 Å². The number of pyridine rings is 1. The summed E-state index contributed by atoms with van der Waals surface area (Å²) in [4.78, 5) is 15.6. The molecule has 1 aromatic rings. The van der Waals surface area contributed by atoms with Crippen molar-refractivity contribution in [1.29, 1.82) is 0 Å². The molecule has 0 spiro atoms. The van der Waals surface area contributed by atoms with Gasteiger partial charge < -0.3 is 0 Å². The van der Waals surface area contributed by atoms with Gasteiger partial charge >= 0.3 is 6.18 Å². The summed E-state index contributed by atoms with van der Waals surface area (Å²) >= 11 is 0. The summed E-state index contributed by atoms with van der Waals surface area (Å²) in [7, 11) is 0. The van der Waals surface area contributed by atoms with Crippen molar-refractivity contribution >= 4 is 5.91 Å². The summed E-state index contributed by atoms with van der Waals surface area (Å²) in [6.45, 7) is -1.20. The summed E-state index contributed by atoms with van der Waals surface area (Å²) in [5.74, 6) is 1.41. The monoisotopic (exact) mass is 284 g/mol. The molecule has 3 nitrogen and oxygen atoms in total. The van der Waals surface area contributed by atoms with E-state index in [4.69, 9.17) is 0 Å². The van der Waals surface area contributed by atoms with Gasteiger partial charge in [0.2, 0.25) is 5.91 Å². The fraction of sp³-hybridized carbons (Fsp3) is 0.571. The molecule has 0 saturated heterocycles. The Hall–Kier alpha value is -1.59. The Bertz CT molecular complexity index is 566. The van der Waals surface area contributed by atoms with E-state index in [9.17, 15) is 18.0 Å². The highest BCUT2D eigenvalue weighted by molar-refractivity contribution is 5.84. The lowest BCUT2D eigenvalue weighted by Gasteiger charge is -2.04. The van der Waals surface area contributed by atoms with E-state index in [1.807, 2.05) is 0 Å². The van der Waals surface area contributed by atoms with Crippen molar-refractivity contribution < 1.29 is 18.0 Å². The van der Waals surface area contributed by atoms with Gasteiger partial charge in [0.15, 0.2) is 0 Å². The van der Waals surface area contributed by atoms with Gasteiger partial charge in [-0.2, -0.15) is 13.2 Å². The van der Waals surface area contributed by atoms with Crippen LogP contribution in [0.3, 0.4) is 0 Å². The summed E-state index contributed by atoms with van der Waals surface area (Å²) in [6, 6.07) is 2.89. The summed E-state index contributed by atoms with van der Waals surface area (Å²) in [6.07, 6.45) is 2.12. The van der Waals surface area contributed by atoms with Crippen LogP contribution in [0.2, 0.25) is 0 Å². The zero-order valence-electron chi connectivity index (χ0n) is 10.8. The van der Waals surface area contributed by atoms with E-state index >= 15 is 0 Å². The van der Waals surface area contributed by atoms with E-state index in [0.29, 0.717) is 5.92 Å². The van der Waals surface area contributed by atoms with Gasteiger partial charge in [0, 0.05) is 18.3 Å². The number of carbonyl (C=O) groups excluding carboxylic acids is 1. The molecule has 6 heteroatoms. The number of alkyl halides is 3. The van der Waals surface area contributed by atoms with Crippen LogP contribution in [0.25, 0.3) is 0 Å². The van der Waals surface area contributed by atoms with Gasteiger partial charge in [-0.05, 0) is 43.2 Å². The maximum Gasteiger partial charge on any atom is 0.407 e. The predicted molar refractivity (Wildman–Crippen MR) is 65.9 cm³/mol. The second kappa shape index (κ2) is 4.75. The molecule has 0 N–H and O–H groups in total. The van der Waals surface area contributed by atoms with Crippen LogP contribution in [0, 0.1) is 17.8 Å². The molecule has 0 aromatic carbocycles. The molecule has 0 bridgehead atoms. The van der Waals surface area contributed by atoms with E-state index in [-0.39, 0.29) is 17.2 Å². The fourth-order valence-corrected chi connectivity index (χ4v) is 2.59. The Kier molecular flexibility index (Phi) is 3.18. The summed E-state index contributed by atoms with van der Waals surface area (Å²) in [5.41, 5.74) is 0. The van der Waals surface area contributed by atoms with Crippen LogP contribution < -0.4 is 5.36 Å². The fourth-order valence-electron chi connectivity index (χ4n) is 2.59. The minimum absolute atomic E-state index is 0.0456. The van der Waals surface area contributed by atoms with Crippen molar-refractivity contribution in [3.8, 4) is 0 Å². The Morgan fingerprint density at radius 2 is 1.95 bits per heavy atom. The van der Waals surface area contributed by atoms with Crippen LogP contribution in [-0.4, -0.2) is 23.2 Å². The zero-order valence-corrected chi connectivity index (χ0v) is 10.8. The molecule has 2 saturated carbocycles. The third-order valence-electron chi connectivity index (χ3n) is 3.89. The topological polar surface area (TPSA) is 34.4 Å². The van der Waals surface area contributed by atoms with Crippen molar-refractivity contribution in [1.82, 2.24) is 4.57 Å². The molecular formula is C14H15F3N2O. The number of rotatable bonds is 3. The molecule has 0 amide bonds. The molecule has 0 radical (unpaired) electrons. The third kappa shape index (κ3) is 3.11. The van der Waals surface area contributed by atoms with Crippen molar-refractivity contribution in [3.05, 3.63) is 29.9 Å². The van der Waals surface area contributed by atoms with Gasteiger partial charge in [0.1, 0.15) is 6.54 Å². The molecule has 20 heavy (non-hydrogen) atoms. The SMILES string of the molecule is O=C([C@H]1C[C@H]1C1CC1)n1ccc(=NCC(F)(F)F)cc1. The van der Waals surface area contributed by atoms with Crippen LogP contribution in [0.1, 0.15) is 24.1 Å². The maximum atomic E-state index is 12.1. The predicted octanol–water partition coefficient (Wildman–Crippen LogP) is 2.64. The van der Waals surface area contributed by atoms with Crippen LogP contribution >= 0.6 is 0 Å². The first-order valence-corrected chi connectivity index (χ1v) is 6.74. The van der Waals surface area contributed by atoms with E-state index in [1.165, 1.54) is 41.9 Å². The van der Waals surface area contributed by atoms with Crippen LogP contribution in [0.5, 0.6) is 0 Å². The van der Waals surface area contributed by atoms with Gasteiger partial charge in [-0.1, -0.05) is 0 Å². The average Bonchev–Trinajstić information content (AvgIpc) is 3.26. The second-order valence-corrected chi connectivity index (χ2v) is 5.58. The highest BCUT2D eigenvalue weighted by Crippen LogP contribution is 2.54. The van der Waals surface area contributed by atoms with Gasteiger partial charge in [-0.25, -0.2) is 0 Å². The lowest BCUT2D eigenvalue weighted by molar-refractivity contribution is -0.118. The summed E-state index contributed by atoms with van der Waals surface area (Å²) in [5, 5.41) is 0.237. The highest BCUT2D eigenvalue weighted by Gasteiger charge is 2.51. The zero-order chi connectivity index (χ0) is 14.3. The lowest BCUT2D eigenvalue weighted by atomic mass is 10.2. The first kappa shape index (κ1) is 13.4. The van der Waals surface area contributed by atoms with Crippen molar-refractivity contribution in [3.63, 3.8) is 0 Å². The maximum absolute atomic E-state index is 12.1. The molecule has 0 unspecified atom stereocenters. The first-order chi connectivity index (χ1) is 9.44. The molecule has 108 valence electrons. The highest BCUT2D eigenvalue weighted by atomic mass is 19.4. The number of aromatic nitrogens is 1. The van der Waals surface area contributed by atoms with E-state index in [1.54, 1.807) is 0 Å². The molecular weight excluding hydrogens is 269 g/mol. The van der Waals surface area contributed by atoms with Gasteiger partial charge in [-0.15, -0.1) is 0 Å². The Morgan fingerprint density at radius 3 is 2.50 bits per heavy atom. The summed E-state index contributed by atoms with van der Waals surface area (Å²) < 4.78 is 37.6. The first-order valence-electron chi connectivity index (χ1n) is 6.74. The van der Waals surface area contributed by atoms with Crippen molar-refractivity contribution in [2.45, 2.75) is 25.4 Å². The number of halogens is 3. The van der Waals surface area contributed by atoms with Gasteiger partial charge in [0.05, 0.1) is 5.36 Å². The quantitative estimate of drug-likeness (QED) is 0.840. The van der Waals surface area contributed by atoms with E-state index in [0.717, 1.165) is 12.3 Å². The normalized spacial score (nSPS) is 25.4. The number of nitrogens with zero attached hydrogens (tertiary/aromatic N) is 2. The van der Waals surface area contributed by atoms with Crippen LogP contribution in [0.4, 0.5) is 13.2 Å². The van der Waals surface area contributed by atoms with Gasteiger partial charge in [0.25, 0.3) is 0 Å². The largest absolute Gasteiger partial charge is 0.407 e. The second-order valence-electron chi connectivity index (χ2n) is 5.58. The Balaban J connectivity index is 1.65. The molecule has 2 atom stereocenters. The minimum Gasteiger partial charge on any atom is -0.294 e. The Morgan fingerprint density at radius 1 is 1.30 bits per heavy atom. The minimum atomic E-state index is -4.30. The Labute approximate surface area is 114 Å². The molecule has 3 rings (SSSR count). The third-order valence-corrected chi connectivity index (χ3v) is 3.89. The molecule has 2 aliphatic carbocycles. The molecule has 1 heterocycles. The number of hydrogen-bond acceptors (Lipinski definition) is 2. The van der Waals surface area contributed by atoms with E-state index < -0.39 is 12.7 Å². The van der Waals surface area contributed by atoms with E-state index in [2.05, 4.69) is 4.99 Å². The smallest absolute Gasteiger partial charge is 0.294 e. The number of carbonyl (C=O) groups is 1. The number of hydrogen-bond donors (Lipinski definition) is 0.